The van der Waals surface area contributed by atoms with E-state index in [1.165, 1.54) is 30.7 Å². The molecule has 2 nitrogen and oxygen atoms in total. The molecule has 1 aromatic carbocycles. The summed E-state index contributed by atoms with van der Waals surface area (Å²) in [5.74, 6) is 0. The molecule has 5 heteroatoms. The Hall–Kier alpha value is -2.48. The highest BCUT2D eigenvalue weighted by molar-refractivity contribution is 5.80. The second-order valence-electron chi connectivity index (χ2n) is 3.77. The van der Waals surface area contributed by atoms with Gasteiger partial charge in [0.2, 0.25) is 0 Å². The zero-order chi connectivity index (χ0) is 13.9. The molecule has 0 atom stereocenters. The van der Waals surface area contributed by atoms with E-state index in [1.807, 2.05) is 6.07 Å². The first-order valence-corrected chi connectivity index (χ1v) is 5.32. The molecule has 0 radical (unpaired) electrons. The van der Waals surface area contributed by atoms with Crippen LogP contribution in [-0.2, 0) is 6.18 Å². The third-order valence-electron chi connectivity index (χ3n) is 2.56. The van der Waals surface area contributed by atoms with Crippen molar-refractivity contribution in [2.45, 2.75) is 6.18 Å². The largest absolute Gasteiger partial charge is 0.472 e. The van der Waals surface area contributed by atoms with Crippen LogP contribution in [0.5, 0.6) is 0 Å². The summed E-state index contributed by atoms with van der Waals surface area (Å²) in [7, 11) is 0. The number of hydrogen-bond donors (Lipinski definition) is 0. The van der Waals surface area contributed by atoms with Gasteiger partial charge < -0.3 is 4.42 Å². The molecule has 2 rings (SSSR count). The predicted octanol–water partition coefficient (Wildman–Crippen LogP) is 4.25. The summed E-state index contributed by atoms with van der Waals surface area (Å²) in [4.78, 5) is 0. The molecule has 0 unspecified atom stereocenters. The van der Waals surface area contributed by atoms with Gasteiger partial charge in [-0.2, -0.15) is 18.4 Å². The van der Waals surface area contributed by atoms with Gasteiger partial charge in [0.05, 0.1) is 24.2 Å². The summed E-state index contributed by atoms with van der Waals surface area (Å²) in [6.07, 6.45) is -0.230. The average molecular weight is 263 g/mol. The van der Waals surface area contributed by atoms with Crippen LogP contribution in [0, 0.1) is 11.3 Å². The van der Waals surface area contributed by atoms with E-state index in [-0.39, 0.29) is 0 Å². The van der Waals surface area contributed by atoms with Gasteiger partial charge in [-0.3, -0.25) is 0 Å². The number of benzene rings is 1. The lowest BCUT2D eigenvalue weighted by Crippen LogP contribution is -2.04. The second kappa shape index (κ2) is 5.02. The Morgan fingerprint density at radius 1 is 1.11 bits per heavy atom. The van der Waals surface area contributed by atoms with Gasteiger partial charge in [0.15, 0.2) is 0 Å². The molecule has 0 aliphatic carbocycles. The number of alkyl halides is 3. The second-order valence-corrected chi connectivity index (χ2v) is 3.77. The van der Waals surface area contributed by atoms with Gasteiger partial charge in [0.1, 0.15) is 0 Å². The highest BCUT2D eigenvalue weighted by atomic mass is 19.4. The predicted molar refractivity (Wildman–Crippen MR) is 62.8 cm³/mol. The maximum absolute atomic E-state index is 12.5. The number of rotatable bonds is 2. The summed E-state index contributed by atoms with van der Waals surface area (Å²) >= 11 is 0. The molecule has 0 N–H and O–H groups in total. The average Bonchev–Trinajstić information content (AvgIpc) is 2.89. The Balaban J connectivity index is 2.41. The molecule has 0 saturated heterocycles. The van der Waals surface area contributed by atoms with Crippen molar-refractivity contribution < 1.29 is 17.6 Å². The highest BCUT2D eigenvalue weighted by Gasteiger charge is 2.30. The summed E-state index contributed by atoms with van der Waals surface area (Å²) in [5.41, 5.74) is 0.960. The van der Waals surface area contributed by atoms with Crippen molar-refractivity contribution in [3.05, 3.63) is 65.6 Å². The fourth-order valence-electron chi connectivity index (χ4n) is 1.65. The Labute approximate surface area is 107 Å². The molecule has 0 bridgehead atoms. The lowest BCUT2D eigenvalue weighted by molar-refractivity contribution is -0.137. The van der Waals surface area contributed by atoms with Crippen LogP contribution in [0.2, 0.25) is 0 Å². The highest BCUT2D eigenvalue weighted by Crippen LogP contribution is 2.31. The van der Waals surface area contributed by atoms with Crippen molar-refractivity contribution in [2.24, 2.45) is 0 Å². The van der Waals surface area contributed by atoms with Gasteiger partial charge in [-0.15, -0.1) is 0 Å². The Kier molecular flexibility index (Phi) is 3.43. The first-order chi connectivity index (χ1) is 9.02. The van der Waals surface area contributed by atoms with E-state index in [4.69, 9.17) is 9.68 Å². The molecule has 0 fully saturated rings. The van der Waals surface area contributed by atoms with Crippen molar-refractivity contribution in [1.29, 1.82) is 5.26 Å². The Morgan fingerprint density at radius 2 is 1.79 bits per heavy atom. The molecule has 1 aromatic heterocycles. The minimum absolute atomic E-state index is 0.518. The molecule has 19 heavy (non-hydrogen) atoms. The van der Waals surface area contributed by atoms with Crippen LogP contribution >= 0.6 is 0 Å². The topological polar surface area (TPSA) is 36.9 Å². The Morgan fingerprint density at radius 3 is 2.26 bits per heavy atom. The van der Waals surface area contributed by atoms with E-state index < -0.39 is 11.7 Å². The van der Waals surface area contributed by atoms with E-state index in [1.54, 1.807) is 6.07 Å². The summed E-state index contributed by atoms with van der Waals surface area (Å²) < 4.78 is 42.3. The van der Waals surface area contributed by atoms with Gasteiger partial charge in [0, 0.05) is 17.2 Å². The number of furan rings is 1. The van der Waals surface area contributed by atoms with Crippen molar-refractivity contribution in [2.75, 3.05) is 0 Å². The van der Waals surface area contributed by atoms with Crippen LogP contribution in [0.25, 0.3) is 5.57 Å². The molecular formula is C14H8F3NO. The summed E-state index contributed by atoms with van der Waals surface area (Å²) in [5, 5.41) is 8.74. The minimum Gasteiger partial charge on any atom is -0.472 e. The third kappa shape index (κ3) is 2.86. The molecule has 0 saturated carbocycles. The van der Waals surface area contributed by atoms with Crippen molar-refractivity contribution in [1.82, 2.24) is 0 Å². The molecule has 1 heterocycles. The first-order valence-electron chi connectivity index (χ1n) is 5.32. The lowest BCUT2D eigenvalue weighted by Gasteiger charge is -2.08. The molecular weight excluding hydrogens is 255 g/mol. The van der Waals surface area contributed by atoms with E-state index in [0.29, 0.717) is 16.7 Å². The molecule has 2 aromatic rings. The number of allylic oxidation sites excluding steroid dienone is 1. The van der Waals surface area contributed by atoms with E-state index in [9.17, 15) is 13.2 Å². The summed E-state index contributed by atoms with van der Waals surface area (Å²) in [6.45, 7) is 0. The molecule has 0 spiro atoms. The smallest absolute Gasteiger partial charge is 0.416 e. The number of nitriles is 1. The normalized spacial score (nSPS) is 12.2. The maximum Gasteiger partial charge on any atom is 0.416 e. The van der Waals surface area contributed by atoms with E-state index in [2.05, 4.69) is 0 Å². The SMILES string of the molecule is N#C/C=C(/c1ccc(C(F)(F)F)cc1)c1ccoc1. The van der Waals surface area contributed by atoms with Gasteiger partial charge in [0.25, 0.3) is 0 Å². The molecule has 0 amide bonds. The summed E-state index contributed by atoms with van der Waals surface area (Å²) in [6, 6.07) is 8.15. The Bertz CT molecular complexity index is 616. The lowest BCUT2D eigenvalue weighted by atomic mass is 9.99. The fourth-order valence-corrected chi connectivity index (χ4v) is 1.65. The molecule has 96 valence electrons. The number of halogens is 3. The quantitative estimate of drug-likeness (QED) is 0.759. The van der Waals surface area contributed by atoms with Crippen LogP contribution in [0.3, 0.4) is 0 Å². The molecule has 0 aliphatic heterocycles. The van der Waals surface area contributed by atoms with Crippen LogP contribution < -0.4 is 0 Å². The van der Waals surface area contributed by atoms with Crippen molar-refractivity contribution in [3.63, 3.8) is 0 Å². The van der Waals surface area contributed by atoms with Crippen LogP contribution in [0.4, 0.5) is 13.2 Å². The first kappa shape index (κ1) is 13.0. The zero-order valence-corrected chi connectivity index (χ0v) is 9.61. The number of hydrogen-bond acceptors (Lipinski definition) is 2. The van der Waals surface area contributed by atoms with Gasteiger partial charge in [-0.1, -0.05) is 12.1 Å². The van der Waals surface area contributed by atoms with Gasteiger partial charge in [-0.25, -0.2) is 0 Å². The third-order valence-corrected chi connectivity index (χ3v) is 2.56. The van der Waals surface area contributed by atoms with Crippen LogP contribution in [0.1, 0.15) is 16.7 Å². The van der Waals surface area contributed by atoms with Crippen LogP contribution in [-0.4, -0.2) is 0 Å². The number of nitrogens with zero attached hydrogens (tertiary/aromatic N) is 1. The van der Waals surface area contributed by atoms with E-state index in [0.717, 1.165) is 12.1 Å². The van der Waals surface area contributed by atoms with Crippen LogP contribution in [0.15, 0.2) is 53.4 Å². The molecule has 0 aliphatic rings. The standard InChI is InChI=1S/C14H8F3NO/c15-14(16,17)12-3-1-10(2-4-12)13(5-7-18)11-6-8-19-9-11/h1-6,8-9H/b13-5-. The van der Waals surface area contributed by atoms with Crippen molar-refractivity contribution >= 4 is 5.57 Å². The van der Waals surface area contributed by atoms with Crippen molar-refractivity contribution in [3.8, 4) is 6.07 Å². The van der Waals surface area contributed by atoms with E-state index >= 15 is 0 Å². The monoisotopic (exact) mass is 263 g/mol. The maximum atomic E-state index is 12.5. The minimum atomic E-state index is -4.37. The van der Waals surface area contributed by atoms with Gasteiger partial charge >= 0.3 is 6.18 Å². The fraction of sp³-hybridized carbons (Fsp3) is 0.0714. The zero-order valence-electron chi connectivity index (χ0n) is 9.61. The van der Waals surface area contributed by atoms with Gasteiger partial charge in [-0.05, 0) is 23.8 Å².